The van der Waals surface area contributed by atoms with Gasteiger partial charge in [-0.05, 0) is 28.7 Å². The summed E-state index contributed by atoms with van der Waals surface area (Å²) in [5.74, 6) is -2.31. The summed E-state index contributed by atoms with van der Waals surface area (Å²) in [6.07, 6.45) is 3.52. The Labute approximate surface area is 165 Å². The van der Waals surface area contributed by atoms with Crippen molar-refractivity contribution in [1.82, 2.24) is 0 Å². The zero-order valence-electron chi connectivity index (χ0n) is 16.2. The maximum atomic E-state index is 12.6. The van der Waals surface area contributed by atoms with Gasteiger partial charge in [-0.3, -0.25) is 0 Å². The first-order valence-corrected chi connectivity index (χ1v) is 9.86. The highest BCUT2D eigenvalue weighted by Crippen LogP contribution is 2.44. The molecule has 0 aromatic heterocycles. The molecule has 3 rings (SSSR count). The number of fused-ring (bicyclic) bond motifs is 3. The first-order valence-electron chi connectivity index (χ1n) is 9.86. The van der Waals surface area contributed by atoms with Crippen LogP contribution < -0.4 is 5.73 Å². The van der Waals surface area contributed by atoms with E-state index in [4.69, 9.17) is 10.5 Å². The van der Waals surface area contributed by atoms with Crippen LogP contribution in [0.2, 0.25) is 0 Å². The Kier molecular flexibility index (Phi) is 6.15. The molecule has 0 bridgehead atoms. The zero-order valence-corrected chi connectivity index (χ0v) is 16.2. The van der Waals surface area contributed by atoms with E-state index in [-0.39, 0.29) is 18.9 Å². The molecular formula is C23H27NO4. The molecule has 0 amide bonds. The fourth-order valence-electron chi connectivity index (χ4n) is 3.85. The fraction of sp³-hybridized carbons (Fsp3) is 0.391. The molecule has 0 spiro atoms. The van der Waals surface area contributed by atoms with Crippen LogP contribution in [0.5, 0.6) is 0 Å². The second-order valence-corrected chi connectivity index (χ2v) is 7.41. The van der Waals surface area contributed by atoms with Crippen LogP contribution in [0.15, 0.2) is 48.5 Å². The molecule has 0 aliphatic heterocycles. The predicted molar refractivity (Wildman–Crippen MR) is 108 cm³/mol. The maximum Gasteiger partial charge on any atom is 0.337 e. The molecule has 2 aromatic carbocycles. The van der Waals surface area contributed by atoms with Crippen LogP contribution in [-0.4, -0.2) is 29.2 Å². The Morgan fingerprint density at radius 3 is 2.11 bits per heavy atom. The summed E-state index contributed by atoms with van der Waals surface area (Å²) in [5, 5.41) is 9.54. The number of unbranched alkanes of at least 4 members (excludes halogenated alkanes) is 3. The SMILES string of the molecule is CCCCCC[C@](N)(C(=O)O)C(=O)OCC1c2ccccc2-c2ccccc21. The van der Waals surface area contributed by atoms with E-state index in [2.05, 4.69) is 6.92 Å². The van der Waals surface area contributed by atoms with Crippen molar-refractivity contribution in [3.8, 4) is 11.1 Å². The highest BCUT2D eigenvalue weighted by molar-refractivity contribution is 6.03. The van der Waals surface area contributed by atoms with Crippen molar-refractivity contribution >= 4 is 11.9 Å². The molecule has 0 saturated carbocycles. The third-order valence-corrected chi connectivity index (χ3v) is 5.51. The molecule has 148 valence electrons. The Bertz CT molecular complexity index is 818. The molecule has 5 heteroatoms. The number of benzene rings is 2. The highest BCUT2D eigenvalue weighted by atomic mass is 16.5. The summed E-state index contributed by atoms with van der Waals surface area (Å²) in [4.78, 5) is 24.3. The van der Waals surface area contributed by atoms with Gasteiger partial charge < -0.3 is 15.6 Å². The lowest BCUT2D eigenvalue weighted by atomic mass is 9.93. The molecule has 3 N–H and O–H groups in total. The van der Waals surface area contributed by atoms with Crippen LogP contribution in [0.1, 0.15) is 56.1 Å². The molecule has 0 fully saturated rings. The number of hydrogen-bond donors (Lipinski definition) is 2. The Hall–Kier alpha value is -2.66. The van der Waals surface area contributed by atoms with Crippen LogP contribution in [0, 0.1) is 0 Å². The average molecular weight is 381 g/mol. The van der Waals surface area contributed by atoms with Gasteiger partial charge in [-0.25, -0.2) is 9.59 Å². The number of esters is 1. The van der Waals surface area contributed by atoms with Gasteiger partial charge in [-0.1, -0.05) is 81.1 Å². The number of carbonyl (C=O) groups excluding carboxylic acids is 1. The predicted octanol–water partition coefficient (Wildman–Crippen LogP) is 4.09. The molecule has 0 saturated heterocycles. The highest BCUT2D eigenvalue weighted by Gasteiger charge is 2.44. The molecule has 1 aliphatic carbocycles. The van der Waals surface area contributed by atoms with Gasteiger partial charge in [0.15, 0.2) is 0 Å². The van der Waals surface area contributed by atoms with Gasteiger partial charge in [0.1, 0.15) is 6.61 Å². The van der Waals surface area contributed by atoms with E-state index in [1.165, 1.54) is 0 Å². The lowest BCUT2D eigenvalue weighted by Gasteiger charge is -2.24. The molecule has 0 unspecified atom stereocenters. The molecule has 1 aliphatic rings. The second-order valence-electron chi connectivity index (χ2n) is 7.41. The number of hydrogen-bond acceptors (Lipinski definition) is 4. The van der Waals surface area contributed by atoms with Crippen molar-refractivity contribution in [3.63, 3.8) is 0 Å². The molecule has 1 atom stereocenters. The van der Waals surface area contributed by atoms with Gasteiger partial charge in [0.05, 0.1) is 0 Å². The van der Waals surface area contributed by atoms with Gasteiger partial charge >= 0.3 is 11.9 Å². The monoisotopic (exact) mass is 381 g/mol. The van der Waals surface area contributed by atoms with Gasteiger partial charge in [0.25, 0.3) is 0 Å². The third-order valence-electron chi connectivity index (χ3n) is 5.51. The van der Waals surface area contributed by atoms with Crippen LogP contribution in [0.25, 0.3) is 11.1 Å². The summed E-state index contributed by atoms with van der Waals surface area (Å²) in [6, 6.07) is 16.0. The summed E-state index contributed by atoms with van der Waals surface area (Å²) in [7, 11) is 0. The van der Waals surface area contributed by atoms with Crippen LogP contribution >= 0.6 is 0 Å². The molecule has 0 heterocycles. The summed E-state index contributed by atoms with van der Waals surface area (Å²) >= 11 is 0. The number of aliphatic carboxylic acids is 1. The van der Waals surface area contributed by atoms with Crippen molar-refractivity contribution in [3.05, 3.63) is 59.7 Å². The molecule has 0 radical (unpaired) electrons. The largest absolute Gasteiger partial charge is 0.479 e. The lowest BCUT2D eigenvalue weighted by molar-refractivity contribution is -0.161. The number of rotatable bonds is 9. The van der Waals surface area contributed by atoms with E-state index in [0.29, 0.717) is 6.42 Å². The van der Waals surface area contributed by atoms with Crippen molar-refractivity contribution in [2.24, 2.45) is 5.73 Å². The summed E-state index contributed by atoms with van der Waals surface area (Å²) < 4.78 is 5.48. The van der Waals surface area contributed by atoms with Crippen LogP contribution in [0.3, 0.4) is 0 Å². The van der Waals surface area contributed by atoms with Crippen molar-refractivity contribution in [1.29, 1.82) is 0 Å². The number of carboxylic acid groups (broad SMARTS) is 1. The van der Waals surface area contributed by atoms with Crippen molar-refractivity contribution < 1.29 is 19.4 Å². The Morgan fingerprint density at radius 2 is 1.57 bits per heavy atom. The van der Waals surface area contributed by atoms with Crippen molar-refractivity contribution in [2.75, 3.05) is 6.61 Å². The number of carbonyl (C=O) groups is 2. The standard InChI is InChI=1S/C23H27NO4/c1-2-3-4-9-14-23(24,21(25)26)22(27)28-15-20-18-12-7-5-10-16(18)17-11-6-8-13-19(17)20/h5-8,10-13,20H,2-4,9,14-15,24H2,1H3,(H,25,26)/t23-/m0/s1. The first-order chi connectivity index (χ1) is 13.5. The van der Waals surface area contributed by atoms with Gasteiger partial charge in [-0.2, -0.15) is 0 Å². The van der Waals surface area contributed by atoms with Gasteiger partial charge in [-0.15, -0.1) is 0 Å². The molecule has 28 heavy (non-hydrogen) atoms. The van der Waals surface area contributed by atoms with Gasteiger partial charge in [0.2, 0.25) is 5.54 Å². The normalized spacial score (nSPS) is 14.8. The van der Waals surface area contributed by atoms with Crippen LogP contribution in [-0.2, 0) is 14.3 Å². The molecular weight excluding hydrogens is 354 g/mol. The third kappa shape index (κ3) is 3.80. The minimum absolute atomic E-state index is 0.0774. The van der Waals surface area contributed by atoms with E-state index in [1.54, 1.807) is 0 Å². The minimum atomic E-state index is -1.99. The van der Waals surface area contributed by atoms with E-state index in [9.17, 15) is 14.7 Å². The number of nitrogens with two attached hydrogens (primary N) is 1. The van der Waals surface area contributed by atoms with E-state index >= 15 is 0 Å². The quantitative estimate of drug-likeness (QED) is 0.388. The second kappa shape index (κ2) is 8.57. The first kappa shape index (κ1) is 20.1. The Balaban J connectivity index is 1.74. The zero-order chi connectivity index (χ0) is 20.1. The van der Waals surface area contributed by atoms with E-state index < -0.39 is 17.5 Å². The number of carboxylic acids is 1. The van der Waals surface area contributed by atoms with E-state index in [1.807, 2.05) is 48.5 Å². The lowest BCUT2D eigenvalue weighted by Crippen LogP contribution is -2.56. The minimum Gasteiger partial charge on any atom is -0.479 e. The number of ether oxygens (including phenoxy) is 1. The smallest absolute Gasteiger partial charge is 0.337 e. The maximum absolute atomic E-state index is 12.6. The van der Waals surface area contributed by atoms with E-state index in [0.717, 1.165) is 41.5 Å². The molecule has 2 aromatic rings. The summed E-state index contributed by atoms with van der Waals surface area (Å²) in [6.45, 7) is 2.15. The van der Waals surface area contributed by atoms with Gasteiger partial charge in [0, 0.05) is 5.92 Å². The Morgan fingerprint density at radius 1 is 1.00 bits per heavy atom. The summed E-state index contributed by atoms with van der Waals surface area (Å²) in [5.41, 5.74) is 8.38. The average Bonchev–Trinajstić information content (AvgIpc) is 3.03. The van der Waals surface area contributed by atoms with Crippen molar-refractivity contribution in [2.45, 2.75) is 50.5 Å². The molecule has 5 nitrogen and oxygen atoms in total. The van der Waals surface area contributed by atoms with Crippen LogP contribution in [0.4, 0.5) is 0 Å². The fourth-order valence-corrected chi connectivity index (χ4v) is 3.85. The topological polar surface area (TPSA) is 89.6 Å².